The van der Waals surface area contributed by atoms with Gasteiger partial charge in [-0.05, 0) is 36.8 Å². The molecule has 2 aromatic rings. The number of sulfonamides is 1. The van der Waals surface area contributed by atoms with Crippen LogP contribution in [0.3, 0.4) is 0 Å². The average Bonchev–Trinajstić information content (AvgIpc) is 2.55. The zero-order chi connectivity index (χ0) is 18.2. The predicted molar refractivity (Wildman–Crippen MR) is 89.5 cm³/mol. The van der Waals surface area contributed by atoms with Crippen LogP contribution in [0.1, 0.15) is 15.9 Å². The van der Waals surface area contributed by atoms with Crippen LogP contribution < -0.4 is 14.8 Å². The second-order valence-corrected chi connectivity index (χ2v) is 7.09. The number of fused-ring (bicyclic) bond motifs is 1. The van der Waals surface area contributed by atoms with Crippen molar-refractivity contribution in [2.24, 2.45) is 0 Å². The SMILES string of the molecule is Cc1cccc(C(=O)O)c1NS(=O)(=O)c1ccc2c(c1)NC(=O)CO2. The number of carbonyl (C=O) groups excluding carboxylic acids is 1. The van der Waals surface area contributed by atoms with Gasteiger partial charge < -0.3 is 15.2 Å². The monoisotopic (exact) mass is 362 g/mol. The van der Waals surface area contributed by atoms with Gasteiger partial charge in [0.1, 0.15) is 5.75 Å². The zero-order valence-electron chi connectivity index (χ0n) is 13.1. The molecule has 0 atom stereocenters. The number of carboxylic acids is 1. The molecule has 9 heteroatoms. The van der Waals surface area contributed by atoms with Crippen molar-refractivity contribution in [2.75, 3.05) is 16.6 Å². The fourth-order valence-corrected chi connectivity index (χ4v) is 3.58. The molecule has 3 N–H and O–H groups in total. The Morgan fingerprint density at radius 2 is 2.04 bits per heavy atom. The lowest BCUT2D eigenvalue weighted by Crippen LogP contribution is -2.25. The minimum absolute atomic E-state index is 0.00648. The van der Waals surface area contributed by atoms with Crippen molar-refractivity contribution in [1.82, 2.24) is 0 Å². The summed E-state index contributed by atoms with van der Waals surface area (Å²) in [6.45, 7) is 1.47. The van der Waals surface area contributed by atoms with E-state index in [1.54, 1.807) is 13.0 Å². The van der Waals surface area contributed by atoms with Crippen LogP contribution in [0.15, 0.2) is 41.3 Å². The number of hydrogen-bond acceptors (Lipinski definition) is 5. The van der Waals surface area contributed by atoms with E-state index in [0.717, 1.165) is 0 Å². The summed E-state index contributed by atoms with van der Waals surface area (Å²) in [6, 6.07) is 8.45. The molecule has 1 aliphatic heterocycles. The Morgan fingerprint density at radius 1 is 1.28 bits per heavy atom. The summed E-state index contributed by atoms with van der Waals surface area (Å²) in [5.74, 6) is -1.27. The minimum atomic E-state index is -4.06. The lowest BCUT2D eigenvalue weighted by Gasteiger charge is -2.19. The first-order valence-corrected chi connectivity index (χ1v) is 8.69. The first kappa shape index (κ1) is 16.8. The van der Waals surface area contributed by atoms with Gasteiger partial charge in [-0.1, -0.05) is 12.1 Å². The number of aryl methyl sites for hydroxylation is 1. The maximum atomic E-state index is 12.6. The number of para-hydroxylation sites is 1. The number of aromatic carboxylic acids is 1. The average molecular weight is 362 g/mol. The molecule has 0 bridgehead atoms. The Morgan fingerprint density at radius 3 is 2.76 bits per heavy atom. The summed E-state index contributed by atoms with van der Waals surface area (Å²) >= 11 is 0. The van der Waals surface area contributed by atoms with Gasteiger partial charge in [0.25, 0.3) is 15.9 Å². The number of hydrogen-bond donors (Lipinski definition) is 3. The Hall–Kier alpha value is -3.07. The van der Waals surface area contributed by atoms with E-state index in [1.165, 1.54) is 30.3 Å². The van der Waals surface area contributed by atoms with E-state index in [9.17, 15) is 23.1 Å². The van der Waals surface area contributed by atoms with Gasteiger partial charge in [0, 0.05) is 0 Å². The van der Waals surface area contributed by atoms with Crippen molar-refractivity contribution in [2.45, 2.75) is 11.8 Å². The third-order valence-corrected chi connectivity index (χ3v) is 4.98. The molecular weight excluding hydrogens is 348 g/mol. The minimum Gasteiger partial charge on any atom is -0.482 e. The van der Waals surface area contributed by atoms with Crippen molar-refractivity contribution in [3.8, 4) is 5.75 Å². The smallest absolute Gasteiger partial charge is 0.337 e. The van der Waals surface area contributed by atoms with Gasteiger partial charge >= 0.3 is 5.97 Å². The van der Waals surface area contributed by atoms with Crippen molar-refractivity contribution in [3.05, 3.63) is 47.5 Å². The predicted octanol–water partition coefficient (Wildman–Crippen LogP) is 1.82. The van der Waals surface area contributed by atoms with E-state index in [2.05, 4.69) is 10.0 Å². The van der Waals surface area contributed by atoms with Gasteiger partial charge in [0.05, 0.1) is 21.8 Å². The molecule has 8 nitrogen and oxygen atoms in total. The second kappa shape index (κ2) is 6.10. The molecule has 0 spiro atoms. The molecule has 0 unspecified atom stereocenters. The lowest BCUT2D eigenvalue weighted by molar-refractivity contribution is -0.118. The molecule has 0 radical (unpaired) electrons. The Labute approximate surface area is 143 Å². The fraction of sp³-hybridized carbons (Fsp3) is 0.125. The van der Waals surface area contributed by atoms with Crippen molar-refractivity contribution in [3.63, 3.8) is 0 Å². The summed E-state index contributed by atoms with van der Waals surface area (Å²) < 4.78 is 32.8. The highest BCUT2D eigenvalue weighted by atomic mass is 32.2. The van der Waals surface area contributed by atoms with Crippen LogP contribution in [-0.2, 0) is 14.8 Å². The van der Waals surface area contributed by atoms with Gasteiger partial charge in [-0.2, -0.15) is 0 Å². The van der Waals surface area contributed by atoms with Gasteiger partial charge in [0.15, 0.2) is 6.61 Å². The van der Waals surface area contributed by atoms with E-state index < -0.39 is 16.0 Å². The van der Waals surface area contributed by atoms with E-state index >= 15 is 0 Å². The van der Waals surface area contributed by atoms with Crippen molar-refractivity contribution >= 4 is 33.3 Å². The zero-order valence-corrected chi connectivity index (χ0v) is 13.9. The third kappa shape index (κ3) is 3.26. The van der Waals surface area contributed by atoms with Crippen LogP contribution in [0.25, 0.3) is 0 Å². The van der Waals surface area contributed by atoms with Gasteiger partial charge in [-0.15, -0.1) is 0 Å². The number of anilines is 2. The number of ether oxygens (including phenoxy) is 1. The molecule has 0 saturated heterocycles. The summed E-state index contributed by atoms with van der Waals surface area (Å²) in [6.07, 6.45) is 0. The quantitative estimate of drug-likeness (QED) is 0.763. The molecule has 0 aromatic heterocycles. The summed E-state index contributed by atoms with van der Waals surface area (Å²) in [5, 5.41) is 11.8. The largest absolute Gasteiger partial charge is 0.482 e. The van der Waals surface area contributed by atoms with Gasteiger partial charge in [0.2, 0.25) is 0 Å². The number of amides is 1. The number of carbonyl (C=O) groups is 2. The molecule has 3 rings (SSSR count). The highest BCUT2D eigenvalue weighted by Crippen LogP contribution is 2.31. The molecule has 1 amide bonds. The normalized spacial score (nSPS) is 13.4. The molecule has 1 aliphatic rings. The highest BCUT2D eigenvalue weighted by molar-refractivity contribution is 7.92. The van der Waals surface area contributed by atoms with Crippen LogP contribution in [0, 0.1) is 6.92 Å². The topological polar surface area (TPSA) is 122 Å². The molecule has 0 aliphatic carbocycles. The van der Waals surface area contributed by atoms with Crippen molar-refractivity contribution in [1.29, 1.82) is 0 Å². The molecule has 1 heterocycles. The van der Waals surface area contributed by atoms with Crippen LogP contribution in [0.4, 0.5) is 11.4 Å². The maximum Gasteiger partial charge on any atom is 0.337 e. The van der Waals surface area contributed by atoms with Crippen LogP contribution >= 0.6 is 0 Å². The Kier molecular flexibility index (Phi) is 4.09. The number of benzene rings is 2. The van der Waals surface area contributed by atoms with Crippen LogP contribution in [0.2, 0.25) is 0 Å². The van der Waals surface area contributed by atoms with Gasteiger partial charge in [-0.3, -0.25) is 9.52 Å². The van der Waals surface area contributed by atoms with Gasteiger partial charge in [-0.25, -0.2) is 13.2 Å². The van der Waals surface area contributed by atoms with E-state index in [1.807, 2.05) is 0 Å². The summed E-state index contributed by atoms with van der Waals surface area (Å²) in [7, 11) is -4.06. The van der Waals surface area contributed by atoms with E-state index in [0.29, 0.717) is 11.3 Å². The summed E-state index contributed by atoms with van der Waals surface area (Å²) in [4.78, 5) is 22.6. The Balaban J connectivity index is 2.00. The molecule has 130 valence electrons. The standard InChI is InChI=1S/C16H14N2O6S/c1-9-3-2-4-11(16(20)21)15(9)18-25(22,23)10-5-6-13-12(7-10)17-14(19)8-24-13/h2-7,18H,8H2,1H3,(H,17,19)(H,20,21). The lowest BCUT2D eigenvalue weighted by atomic mass is 10.1. The highest BCUT2D eigenvalue weighted by Gasteiger charge is 2.23. The maximum absolute atomic E-state index is 12.6. The number of carboxylic acid groups (broad SMARTS) is 1. The van der Waals surface area contributed by atoms with Crippen molar-refractivity contribution < 1.29 is 27.9 Å². The molecular formula is C16H14N2O6S. The second-order valence-electron chi connectivity index (χ2n) is 5.40. The molecule has 25 heavy (non-hydrogen) atoms. The molecule has 2 aromatic carbocycles. The first-order valence-electron chi connectivity index (χ1n) is 7.20. The summed E-state index contributed by atoms with van der Waals surface area (Å²) in [5.41, 5.74) is 0.548. The fourth-order valence-electron chi connectivity index (χ4n) is 2.40. The van der Waals surface area contributed by atoms with E-state index in [4.69, 9.17) is 4.74 Å². The van der Waals surface area contributed by atoms with E-state index in [-0.39, 0.29) is 34.3 Å². The Bertz CT molecular complexity index is 984. The third-order valence-electron chi connectivity index (χ3n) is 3.63. The number of rotatable bonds is 4. The first-order chi connectivity index (χ1) is 11.8. The number of nitrogens with one attached hydrogen (secondary N) is 2. The van der Waals surface area contributed by atoms with Crippen LogP contribution in [-0.4, -0.2) is 32.0 Å². The molecule has 0 saturated carbocycles. The molecule has 0 fully saturated rings. The van der Waals surface area contributed by atoms with Crippen LogP contribution in [0.5, 0.6) is 5.75 Å².